The van der Waals surface area contributed by atoms with Gasteiger partial charge < -0.3 is 10.1 Å². The average Bonchev–Trinajstić information content (AvgIpc) is 2.98. The van der Waals surface area contributed by atoms with Crippen molar-refractivity contribution in [3.63, 3.8) is 0 Å². The first-order chi connectivity index (χ1) is 9.81. The van der Waals surface area contributed by atoms with Gasteiger partial charge in [-0.15, -0.1) is 0 Å². The molecule has 1 atom stereocenters. The molecule has 1 unspecified atom stereocenters. The van der Waals surface area contributed by atoms with E-state index in [0.717, 1.165) is 6.54 Å². The summed E-state index contributed by atoms with van der Waals surface area (Å²) in [5.41, 5.74) is -0.528. The Labute approximate surface area is 126 Å². The van der Waals surface area contributed by atoms with E-state index in [1.54, 1.807) is 10.9 Å². The Hall–Kier alpha value is -0.960. The van der Waals surface area contributed by atoms with Gasteiger partial charge in [-0.05, 0) is 13.3 Å². The lowest BCUT2D eigenvalue weighted by atomic mass is 10.0. The van der Waals surface area contributed by atoms with E-state index in [4.69, 9.17) is 4.74 Å². The van der Waals surface area contributed by atoms with Crippen LogP contribution in [-0.4, -0.2) is 49.5 Å². The van der Waals surface area contributed by atoms with Gasteiger partial charge in [0.2, 0.25) is 10.0 Å². The lowest BCUT2D eigenvalue weighted by Gasteiger charge is -2.22. The van der Waals surface area contributed by atoms with Crippen LogP contribution in [0.1, 0.15) is 27.2 Å². The number of nitrogens with one attached hydrogen (secondary N) is 2. The maximum absolute atomic E-state index is 12.4. The smallest absolute Gasteiger partial charge is 0.244 e. The van der Waals surface area contributed by atoms with Crippen LogP contribution in [0.5, 0.6) is 0 Å². The van der Waals surface area contributed by atoms with Gasteiger partial charge in [0.25, 0.3) is 0 Å². The molecule has 1 aliphatic rings. The molecule has 0 amide bonds. The zero-order valence-corrected chi connectivity index (χ0v) is 13.6. The second-order valence-electron chi connectivity index (χ2n) is 6.02. The SMILES string of the molecule is CC(C)NCCn1cc(S(=O)(=O)NC2(C)CCOC2)cn1. The minimum absolute atomic E-state index is 0.195. The first-order valence-corrected chi connectivity index (χ1v) is 8.67. The highest BCUT2D eigenvalue weighted by atomic mass is 32.2. The van der Waals surface area contributed by atoms with Gasteiger partial charge in [0, 0.05) is 25.4 Å². The molecule has 2 N–H and O–H groups in total. The van der Waals surface area contributed by atoms with E-state index in [0.29, 0.717) is 32.2 Å². The predicted molar refractivity (Wildman–Crippen MR) is 79.5 cm³/mol. The molecular weight excluding hydrogens is 292 g/mol. The fraction of sp³-hybridized carbons (Fsp3) is 0.769. The zero-order chi connectivity index (χ0) is 15.5. The molecule has 7 nitrogen and oxygen atoms in total. The van der Waals surface area contributed by atoms with Crippen molar-refractivity contribution in [2.24, 2.45) is 0 Å². The molecule has 0 aromatic carbocycles. The maximum Gasteiger partial charge on any atom is 0.244 e. The van der Waals surface area contributed by atoms with E-state index in [-0.39, 0.29) is 4.90 Å². The van der Waals surface area contributed by atoms with E-state index in [9.17, 15) is 8.42 Å². The van der Waals surface area contributed by atoms with Gasteiger partial charge in [-0.3, -0.25) is 4.68 Å². The van der Waals surface area contributed by atoms with Gasteiger partial charge in [-0.1, -0.05) is 13.8 Å². The third-order valence-electron chi connectivity index (χ3n) is 3.41. The molecule has 0 bridgehead atoms. The largest absolute Gasteiger partial charge is 0.379 e. The summed E-state index contributed by atoms with van der Waals surface area (Å²) in [7, 11) is -3.56. The van der Waals surface area contributed by atoms with Gasteiger partial charge in [0.15, 0.2) is 0 Å². The Morgan fingerprint density at radius 1 is 1.52 bits per heavy atom. The van der Waals surface area contributed by atoms with Crippen molar-refractivity contribution in [2.75, 3.05) is 19.8 Å². The van der Waals surface area contributed by atoms with Gasteiger partial charge >= 0.3 is 0 Å². The van der Waals surface area contributed by atoms with Gasteiger partial charge in [0.05, 0.1) is 24.9 Å². The minimum Gasteiger partial charge on any atom is -0.379 e. The Kier molecular flexibility index (Phi) is 5.03. The van der Waals surface area contributed by atoms with Crippen molar-refractivity contribution in [3.05, 3.63) is 12.4 Å². The zero-order valence-electron chi connectivity index (χ0n) is 12.8. The summed E-state index contributed by atoms with van der Waals surface area (Å²) < 4.78 is 34.3. The van der Waals surface area contributed by atoms with Gasteiger partial charge in [0.1, 0.15) is 4.90 Å². The molecule has 1 saturated heterocycles. The van der Waals surface area contributed by atoms with Crippen molar-refractivity contribution in [3.8, 4) is 0 Å². The summed E-state index contributed by atoms with van der Waals surface area (Å²) in [4.78, 5) is 0.195. The fourth-order valence-corrected chi connectivity index (χ4v) is 3.58. The lowest BCUT2D eigenvalue weighted by Crippen LogP contribution is -2.46. The summed E-state index contributed by atoms with van der Waals surface area (Å²) in [6, 6.07) is 0.396. The molecule has 21 heavy (non-hydrogen) atoms. The molecule has 1 aliphatic heterocycles. The standard InChI is InChI=1S/C13H24N4O3S/c1-11(2)14-5-6-17-9-12(8-15-17)21(18,19)16-13(3)4-7-20-10-13/h8-9,11,14,16H,4-7,10H2,1-3H3. The van der Waals surface area contributed by atoms with Crippen LogP contribution in [-0.2, 0) is 21.3 Å². The van der Waals surface area contributed by atoms with Crippen LogP contribution >= 0.6 is 0 Å². The lowest BCUT2D eigenvalue weighted by molar-refractivity contribution is 0.178. The summed E-state index contributed by atoms with van der Waals surface area (Å²) in [5.74, 6) is 0. The Morgan fingerprint density at radius 3 is 2.90 bits per heavy atom. The monoisotopic (exact) mass is 316 g/mol. The molecule has 0 spiro atoms. The molecule has 0 aliphatic carbocycles. The first-order valence-electron chi connectivity index (χ1n) is 7.18. The number of hydrogen-bond donors (Lipinski definition) is 2. The van der Waals surface area contributed by atoms with Crippen molar-refractivity contribution < 1.29 is 13.2 Å². The quantitative estimate of drug-likeness (QED) is 0.757. The van der Waals surface area contributed by atoms with Gasteiger partial charge in [-0.2, -0.15) is 5.10 Å². The summed E-state index contributed by atoms with van der Waals surface area (Å²) in [6.45, 7) is 8.35. The number of nitrogens with zero attached hydrogens (tertiary/aromatic N) is 2. The fourth-order valence-electron chi connectivity index (χ4n) is 2.20. The highest BCUT2D eigenvalue weighted by molar-refractivity contribution is 7.89. The van der Waals surface area contributed by atoms with Crippen LogP contribution in [0.3, 0.4) is 0 Å². The molecule has 1 fully saturated rings. The van der Waals surface area contributed by atoms with E-state index >= 15 is 0 Å². The molecule has 1 aromatic heterocycles. The van der Waals surface area contributed by atoms with Crippen molar-refractivity contribution in [1.29, 1.82) is 0 Å². The van der Waals surface area contributed by atoms with Crippen molar-refractivity contribution >= 4 is 10.0 Å². The van der Waals surface area contributed by atoms with Crippen LogP contribution in [0.15, 0.2) is 17.3 Å². The number of aromatic nitrogens is 2. The van der Waals surface area contributed by atoms with Crippen LogP contribution in [0.4, 0.5) is 0 Å². The Bertz CT molecular complexity index is 562. The molecule has 120 valence electrons. The van der Waals surface area contributed by atoms with E-state index in [1.807, 2.05) is 6.92 Å². The van der Waals surface area contributed by atoms with E-state index < -0.39 is 15.6 Å². The number of sulfonamides is 1. The molecule has 0 saturated carbocycles. The van der Waals surface area contributed by atoms with Crippen LogP contribution in [0.25, 0.3) is 0 Å². The van der Waals surface area contributed by atoms with Crippen LogP contribution < -0.4 is 10.0 Å². The topological polar surface area (TPSA) is 85.2 Å². The predicted octanol–water partition coefficient (Wildman–Crippen LogP) is 0.338. The second kappa shape index (κ2) is 6.43. The molecule has 8 heteroatoms. The minimum atomic E-state index is -3.56. The van der Waals surface area contributed by atoms with Gasteiger partial charge in [-0.25, -0.2) is 13.1 Å². The Balaban J connectivity index is 1.99. The third-order valence-corrected chi connectivity index (χ3v) is 5.01. The highest BCUT2D eigenvalue weighted by Crippen LogP contribution is 2.21. The second-order valence-corrected chi connectivity index (χ2v) is 7.70. The molecule has 0 radical (unpaired) electrons. The number of ether oxygens (including phenoxy) is 1. The Morgan fingerprint density at radius 2 is 2.29 bits per heavy atom. The molecule has 1 aromatic rings. The number of hydrogen-bond acceptors (Lipinski definition) is 5. The van der Waals surface area contributed by atoms with Crippen LogP contribution in [0, 0.1) is 0 Å². The van der Waals surface area contributed by atoms with E-state index in [2.05, 4.69) is 29.0 Å². The summed E-state index contributed by atoms with van der Waals surface area (Å²) >= 11 is 0. The van der Waals surface area contributed by atoms with Crippen molar-refractivity contribution in [1.82, 2.24) is 19.8 Å². The third kappa shape index (κ3) is 4.50. The van der Waals surface area contributed by atoms with Crippen molar-refractivity contribution in [2.45, 2.75) is 50.2 Å². The van der Waals surface area contributed by atoms with Crippen LogP contribution in [0.2, 0.25) is 0 Å². The number of rotatable bonds is 7. The average molecular weight is 316 g/mol. The molecular formula is C13H24N4O3S. The summed E-state index contributed by atoms with van der Waals surface area (Å²) in [5, 5.41) is 7.37. The normalized spacial score (nSPS) is 23.0. The summed E-state index contributed by atoms with van der Waals surface area (Å²) in [6.07, 6.45) is 3.62. The highest BCUT2D eigenvalue weighted by Gasteiger charge is 2.35. The first kappa shape index (κ1) is 16.4. The maximum atomic E-state index is 12.4. The molecule has 2 heterocycles. The molecule has 2 rings (SSSR count). The van der Waals surface area contributed by atoms with E-state index in [1.165, 1.54) is 6.20 Å².